The maximum absolute atomic E-state index is 12.9. The molecule has 3 rings (SSSR count). The highest BCUT2D eigenvalue weighted by Crippen LogP contribution is 2.29. The molecule has 9 heteroatoms. The van der Waals surface area contributed by atoms with Gasteiger partial charge in [0.2, 0.25) is 0 Å². The van der Waals surface area contributed by atoms with Crippen molar-refractivity contribution in [3.63, 3.8) is 0 Å². The van der Waals surface area contributed by atoms with Crippen LogP contribution >= 0.6 is 11.3 Å². The quantitative estimate of drug-likeness (QED) is 0.352. The SMILES string of the molecule is CCc1ccccc1C(=O)c1ccc([N+](=O)[O-])c(NS(=O)(=O)c2ccsc2)c1. The zero-order valence-corrected chi connectivity index (χ0v) is 16.4. The Morgan fingerprint density at radius 1 is 1.18 bits per heavy atom. The number of anilines is 1. The molecule has 0 amide bonds. The summed E-state index contributed by atoms with van der Waals surface area (Å²) in [5.74, 6) is -0.330. The predicted octanol–water partition coefficient (Wildman–Crippen LogP) is 4.25. The van der Waals surface area contributed by atoms with Crippen LogP contribution in [0.3, 0.4) is 0 Å². The average Bonchev–Trinajstić information content (AvgIpc) is 3.22. The molecule has 144 valence electrons. The van der Waals surface area contributed by atoms with Gasteiger partial charge in [-0.05, 0) is 35.6 Å². The van der Waals surface area contributed by atoms with Crippen molar-refractivity contribution in [2.24, 2.45) is 0 Å². The highest BCUT2D eigenvalue weighted by Gasteiger charge is 2.23. The fourth-order valence-corrected chi connectivity index (χ4v) is 4.83. The van der Waals surface area contributed by atoms with E-state index in [1.807, 2.05) is 19.1 Å². The van der Waals surface area contributed by atoms with E-state index in [0.717, 1.165) is 11.6 Å². The van der Waals surface area contributed by atoms with Gasteiger partial charge in [-0.1, -0.05) is 31.2 Å². The number of thiophene rings is 1. The summed E-state index contributed by atoms with van der Waals surface area (Å²) >= 11 is 1.19. The number of nitrogens with one attached hydrogen (secondary N) is 1. The predicted molar refractivity (Wildman–Crippen MR) is 107 cm³/mol. The Hall–Kier alpha value is -3.04. The van der Waals surface area contributed by atoms with Crippen LogP contribution in [0.25, 0.3) is 0 Å². The number of carbonyl (C=O) groups is 1. The molecule has 0 aliphatic rings. The van der Waals surface area contributed by atoms with Gasteiger partial charge in [-0.25, -0.2) is 8.42 Å². The molecule has 0 spiro atoms. The maximum Gasteiger partial charge on any atom is 0.293 e. The smallest absolute Gasteiger partial charge is 0.289 e. The molecule has 1 aromatic heterocycles. The zero-order valence-electron chi connectivity index (χ0n) is 14.8. The molecule has 28 heavy (non-hydrogen) atoms. The molecule has 2 aromatic carbocycles. The lowest BCUT2D eigenvalue weighted by atomic mass is 9.96. The first-order valence-electron chi connectivity index (χ1n) is 8.29. The van der Waals surface area contributed by atoms with Crippen LogP contribution in [0, 0.1) is 10.1 Å². The van der Waals surface area contributed by atoms with Gasteiger partial charge >= 0.3 is 0 Å². The third-order valence-corrected chi connectivity index (χ3v) is 6.34. The molecule has 0 fully saturated rings. The van der Waals surface area contributed by atoms with Crippen molar-refractivity contribution in [3.05, 3.63) is 86.1 Å². The van der Waals surface area contributed by atoms with Crippen LogP contribution in [0.15, 0.2) is 64.2 Å². The van der Waals surface area contributed by atoms with Crippen LogP contribution in [0.1, 0.15) is 28.4 Å². The van der Waals surface area contributed by atoms with Gasteiger partial charge in [-0.2, -0.15) is 11.3 Å². The van der Waals surface area contributed by atoms with Gasteiger partial charge in [-0.3, -0.25) is 19.6 Å². The summed E-state index contributed by atoms with van der Waals surface area (Å²) in [6, 6.07) is 12.1. The van der Waals surface area contributed by atoms with Crippen LogP contribution in [-0.4, -0.2) is 19.1 Å². The van der Waals surface area contributed by atoms with E-state index >= 15 is 0 Å². The van der Waals surface area contributed by atoms with Crippen LogP contribution in [0.2, 0.25) is 0 Å². The Balaban J connectivity index is 2.05. The van der Waals surface area contributed by atoms with Crippen LogP contribution < -0.4 is 4.72 Å². The van der Waals surface area contributed by atoms with Crippen molar-refractivity contribution in [3.8, 4) is 0 Å². The molecule has 1 N–H and O–H groups in total. The standard InChI is InChI=1S/C19H16N2O5S2/c1-2-13-5-3-4-6-16(13)19(22)14-7-8-18(21(23)24)17(11-14)20-28(25,26)15-9-10-27-12-15/h3-12,20H,2H2,1H3. The maximum atomic E-state index is 12.9. The minimum Gasteiger partial charge on any atom is -0.289 e. The number of hydrogen-bond acceptors (Lipinski definition) is 6. The summed E-state index contributed by atoms with van der Waals surface area (Å²) < 4.78 is 27.2. The van der Waals surface area contributed by atoms with Crippen molar-refractivity contribution in [2.75, 3.05) is 4.72 Å². The molecule has 3 aromatic rings. The molecule has 0 unspecified atom stereocenters. The Labute approximate surface area is 165 Å². The van der Waals surface area contributed by atoms with Crippen molar-refractivity contribution in [1.82, 2.24) is 0 Å². The van der Waals surface area contributed by atoms with Gasteiger partial charge in [0.05, 0.1) is 9.82 Å². The highest BCUT2D eigenvalue weighted by atomic mass is 32.2. The van der Waals surface area contributed by atoms with Crippen molar-refractivity contribution in [2.45, 2.75) is 18.2 Å². The van der Waals surface area contributed by atoms with Gasteiger partial charge in [0.1, 0.15) is 5.69 Å². The van der Waals surface area contributed by atoms with Gasteiger partial charge in [-0.15, -0.1) is 0 Å². The molecular weight excluding hydrogens is 400 g/mol. The van der Waals surface area contributed by atoms with E-state index in [9.17, 15) is 23.3 Å². The Morgan fingerprint density at radius 3 is 2.57 bits per heavy atom. The number of aryl methyl sites for hydroxylation is 1. The fraction of sp³-hybridized carbons (Fsp3) is 0.105. The summed E-state index contributed by atoms with van der Waals surface area (Å²) in [7, 11) is -4.00. The van der Waals surface area contributed by atoms with Crippen molar-refractivity contribution in [1.29, 1.82) is 0 Å². The summed E-state index contributed by atoms with van der Waals surface area (Å²) in [4.78, 5) is 23.5. The van der Waals surface area contributed by atoms with Gasteiger partial charge in [0.15, 0.2) is 5.78 Å². The molecule has 7 nitrogen and oxygen atoms in total. The zero-order chi connectivity index (χ0) is 20.3. The number of nitro benzene ring substituents is 1. The van der Waals surface area contributed by atoms with Crippen molar-refractivity contribution < 1.29 is 18.1 Å². The summed E-state index contributed by atoms with van der Waals surface area (Å²) in [6.45, 7) is 1.92. The molecule has 0 aliphatic heterocycles. The van der Waals surface area contributed by atoms with Crippen molar-refractivity contribution >= 4 is 38.5 Å². The van der Waals surface area contributed by atoms with Gasteiger partial charge < -0.3 is 0 Å². The molecular formula is C19H16N2O5S2. The first-order valence-corrected chi connectivity index (χ1v) is 10.7. The third kappa shape index (κ3) is 3.95. The molecule has 0 saturated heterocycles. The van der Waals surface area contributed by atoms with Crippen LogP contribution in [0.4, 0.5) is 11.4 Å². The Kier molecular flexibility index (Phi) is 5.57. The molecule has 0 atom stereocenters. The first kappa shape index (κ1) is 19.7. The van der Waals surface area contributed by atoms with Gasteiger partial charge in [0.25, 0.3) is 15.7 Å². The normalized spacial score (nSPS) is 11.2. The fourth-order valence-electron chi connectivity index (χ4n) is 2.73. The molecule has 0 radical (unpaired) electrons. The number of ketones is 1. The Morgan fingerprint density at radius 2 is 1.93 bits per heavy atom. The number of carbonyl (C=O) groups excluding carboxylic acids is 1. The average molecular weight is 416 g/mol. The molecule has 1 heterocycles. The van der Waals surface area contributed by atoms with Gasteiger partial charge in [0, 0.05) is 22.6 Å². The number of nitro groups is 1. The lowest BCUT2D eigenvalue weighted by Gasteiger charge is -2.10. The number of hydrogen-bond donors (Lipinski definition) is 1. The number of rotatable bonds is 7. The second kappa shape index (κ2) is 7.91. The topological polar surface area (TPSA) is 106 Å². The number of sulfonamides is 1. The molecule has 0 saturated carbocycles. The number of nitrogens with zero attached hydrogens (tertiary/aromatic N) is 1. The van der Waals surface area contributed by atoms with E-state index in [1.165, 1.54) is 34.9 Å². The van der Waals surface area contributed by atoms with Crippen LogP contribution in [0.5, 0.6) is 0 Å². The van der Waals surface area contributed by atoms with E-state index in [2.05, 4.69) is 4.72 Å². The largest absolute Gasteiger partial charge is 0.293 e. The first-order chi connectivity index (χ1) is 13.3. The second-order valence-corrected chi connectivity index (χ2v) is 8.36. The minimum absolute atomic E-state index is 0.000133. The second-order valence-electron chi connectivity index (χ2n) is 5.89. The van der Waals surface area contributed by atoms with E-state index in [0.29, 0.717) is 12.0 Å². The minimum atomic E-state index is -4.00. The highest BCUT2D eigenvalue weighted by molar-refractivity contribution is 7.92. The monoisotopic (exact) mass is 416 g/mol. The summed E-state index contributed by atoms with van der Waals surface area (Å²) in [5.41, 5.74) is 0.793. The summed E-state index contributed by atoms with van der Waals surface area (Å²) in [6.07, 6.45) is 0.645. The summed E-state index contributed by atoms with van der Waals surface area (Å²) in [5, 5.41) is 14.3. The molecule has 0 bridgehead atoms. The van der Waals surface area contributed by atoms with Crippen LogP contribution in [-0.2, 0) is 16.4 Å². The Bertz CT molecular complexity index is 1140. The van der Waals surface area contributed by atoms with E-state index < -0.39 is 20.6 Å². The number of benzene rings is 2. The third-order valence-electron chi connectivity index (χ3n) is 4.15. The van der Waals surface area contributed by atoms with E-state index in [1.54, 1.807) is 17.5 Å². The lowest BCUT2D eigenvalue weighted by Crippen LogP contribution is -2.14. The van der Waals surface area contributed by atoms with E-state index in [-0.39, 0.29) is 21.9 Å². The molecule has 0 aliphatic carbocycles. The van der Waals surface area contributed by atoms with E-state index in [4.69, 9.17) is 0 Å². The lowest BCUT2D eigenvalue weighted by molar-refractivity contribution is -0.383.